The Morgan fingerprint density at radius 3 is 1.88 bits per heavy atom. The highest BCUT2D eigenvalue weighted by molar-refractivity contribution is 7.58. The van der Waals surface area contributed by atoms with E-state index in [0.29, 0.717) is 12.6 Å². The van der Waals surface area contributed by atoms with Gasteiger partial charge in [0.1, 0.15) is 0 Å². The molecule has 0 N–H and O–H groups in total. The standard InChI is InChI=1S/C18H37N2O3P.2CH4/c1-17(2,3)15-23-24(21,18(4,5)6)20-9-7-16(8-10-20)19-11-13-22-14-12-19;;/h16H,7-15H2,1-6H3;2*1H4. The first-order valence-electron chi connectivity index (χ1n) is 9.35. The van der Waals surface area contributed by atoms with Crippen molar-refractivity contribution in [2.75, 3.05) is 46.0 Å². The van der Waals surface area contributed by atoms with E-state index < -0.39 is 7.52 Å². The first-order valence-corrected chi connectivity index (χ1v) is 10.9. The van der Waals surface area contributed by atoms with Gasteiger partial charge < -0.3 is 9.26 Å². The summed E-state index contributed by atoms with van der Waals surface area (Å²) in [5.74, 6) is 0. The summed E-state index contributed by atoms with van der Waals surface area (Å²) in [4.78, 5) is 2.54. The summed E-state index contributed by atoms with van der Waals surface area (Å²) < 4.78 is 27.5. The zero-order valence-corrected chi connectivity index (χ0v) is 17.4. The van der Waals surface area contributed by atoms with Gasteiger partial charge in [0.05, 0.1) is 25.0 Å². The van der Waals surface area contributed by atoms with E-state index in [4.69, 9.17) is 9.26 Å². The zero-order valence-electron chi connectivity index (χ0n) is 16.5. The van der Waals surface area contributed by atoms with Gasteiger partial charge in [-0.2, -0.15) is 0 Å². The first-order chi connectivity index (χ1) is 11.0. The van der Waals surface area contributed by atoms with Crippen LogP contribution >= 0.6 is 7.52 Å². The van der Waals surface area contributed by atoms with Crippen molar-refractivity contribution in [3.05, 3.63) is 0 Å². The van der Waals surface area contributed by atoms with Crippen LogP contribution < -0.4 is 0 Å². The van der Waals surface area contributed by atoms with Crippen molar-refractivity contribution in [2.45, 2.75) is 80.4 Å². The highest BCUT2D eigenvalue weighted by atomic mass is 31.2. The third-order valence-corrected chi connectivity index (χ3v) is 8.21. The van der Waals surface area contributed by atoms with Gasteiger partial charge in [-0.3, -0.25) is 9.46 Å². The minimum Gasteiger partial charge on any atom is -0.379 e. The fourth-order valence-electron chi connectivity index (χ4n) is 3.40. The molecule has 2 saturated heterocycles. The molecule has 1 unspecified atom stereocenters. The molecule has 0 amide bonds. The molecule has 0 aliphatic carbocycles. The fourth-order valence-corrected chi connectivity index (χ4v) is 6.12. The second-order valence-corrected chi connectivity index (χ2v) is 12.6. The van der Waals surface area contributed by atoms with Gasteiger partial charge in [-0.15, -0.1) is 0 Å². The Kier molecular flexibility index (Phi) is 10.0. The summed E-state index contributed by atoms with van der Waals surface area (Å²) in [6.45, 7) is 18.5. The minimum absolute atomic E-state index is 0. The average Bonchev–Trinajstić information content (AvgIpc) is 2.52. The molecule has 0 saturated carbocycles. The summed E-state index contributed by atoms with van der Waals surface area (Å²) >= 11 is 0. The molecule has 0 spiro atoms. The number of hydrogen-bond donors (Lipinski definition) is 0. The predicted octanol–water partition coefficient (Wildman–Crippen LogP) is 5.11. The molecular formula is C20H45N2O3P. The first kappa shape index (κ1) is 26.1. The Morgan fingerprint density at radius 2 is 1.46 bits per heavy atom. The predicted molar refractivity (Wildman–Crippen MR) is 113 cm³/mol. The summed E-state index contributed by atoms with van der Waals surface area (Å²) in [5, 5.41) is -0.357. The molecule has 0 aromatic rings. The normalized spacial score (nSPS) is 23.6. The number of piperidine rings is 1. The topological polar surface area (TPSA) is 42.0 Å². The van der Waals surface area contributed by atoms with Crippen LogP contribution in [0.25, 0.3) is 0 Å². The Bertz CT molecular complexity index is 443. The lowest BCUT2D eigenvalue weighted by Crippen LogP contribution is -2.49. The molecule has 2 rings (SSSR count). The Labute approximate surface area is 163 Å². The monoisotopic (exact) mass is 392 g/mol. The van der Waals surface area contributed by atoms with Crippen LogP contribution in [-0.4, -0.2) is 66.8 Å². The molecular weight excluding hydrogens is 347 g/mol. The molecule has 5 nitrogen and oxygen atoms in total. The van der Waals surface area contributed by atoms with Crippen LogP contribution in [0.1, 0.15) is 69.2 Å². The second-order valence-electron chi connectivity index (χ2n) is 9.36. The molecule has 2 fully saturated rings. The quantitative estimate of drug-likeness (QED) is 0.622. The Morgan fingerprint density at radius 1 is 0.962 bits per heavy atom. The van der Waals surface area contributed by atoms with Crippen molar-refractivity contribution in [1.29, 1.82) is 0 Å². The van der Waals surface area contributed by atoms with Crippen LogP contribution in [0.15, 0.2) is 0 Å². The lowest BCUT2D eigenvalue weighted by Gasteiger charge is -2.45. The molecule has 2 aliphatic rings. The van der Waals surface area contributed by atoms with Gasteiger partial charge >= 0.3 is 0 Å². The maximum Gasteiger partial charge on any atom is 0.277 e. The minimum atomic E-state index is -2.85. The smallest absolute Gasteiger partial charge is 0.277 e. The lowest BCUT2D eigenvalue weighted by atomic mass is 9.99. The SMILES string of the molecule is C.C.CC(C)(C)COP(=O)(N1CCC(N2CCOCC2)CC1)C(C)(C)C. The van der Waals surface area contributed by atoms with E-state index in [2.05, 4.69) is 30.3 Å². The third kappa shape index (κ3) is 6.60. The molecule has 2 aliphatic heterocycles. The van der Waals surface area contributed by atoms with Gasteiger partial charge in [-0.05, 0) is 39.0 Å². The van der Waals surface area contributed by atoms with Gasteiger partial charge in [-0.1, -0.05) is 35.6 Å². The van der Waals surface area contributed by atoms with Gasteiger partial charge in [0, 0.05) is 32.2 Å². The summed E-state index contributed by atoms with van der Waals surface area (Å²) in [6.07, 6.45) is 2.14. The second kappa shape index (κ2) is 10.0. The van der Waals surface area contributed by atoms with Crippen molar-refractivity contribution < 1.29 is 13.8 Å². The Balaban J connectivity index is 0.00000312. The number of rotatable bonds is 4. The van der Waals surface area contributed by atoms with Crippen molar-refractivity contribution in [3.8, 4) is 0 Å². The van der Waals surface area contributed by atoms with Crippen LogP contribution in [-0.2, 0) is 13.8 Å². The number of hydrogen-bond acceptors (Lipinski definition) is 4. The molecule has 0 radical (unpaired) electrons. The van der Waals surface area contributed by atoms with E-state index in [1.165, 1.54) is 0 Å². The lowest BCUT2D eigenvalue weighted by molar-refractivity contribution is 0.00479. The number of ether oxygens (including phenoxy) is 1. The number of nitrogens with zero attached hydrogens (tertiary/aromatic N) is 2. The molecule has 158 valence electrons. The van der Waals surface area contributed by atoms with Crippen molar-refractivity contribution >= 4 is 7.52 Å². The molecule has 0 aromatic heterocycles. The van der Waals surface area contributed by atoms with E-state index in [9.17, 15) is 4.57 Å². The average molecular weight is 393 g/mol. The summed E-state index contributed by atoms with van der Waals surface area (Å²) in [6, 6.07) is 0.598. The van der Waals surface area contributed by atoms with Gasteiger partial charge in [0.2, 0.25) is 0 Å². The van der Waals surface area contributed by atoms with E-state index >= 15 is 0 Å². The molecule has 0 bridgehead atoms. The van der Waals surface area contributed by atoms with E-state index in [1.54, 1.807) is 0 Å². The molecule has 2 heterocycles. The fraction of sp³-hybridized carbons (Fsp3) is 1.00. The largest absolute Gasteiger partial charge is 0.379 e. The van der Waals surface area contributed by atoms with Crippen LogP contribution in [0.5, 0.6) is 0 Å². The number of morpholine rings is 1. The van der Waals surface area contributed by atoms with Crippen LogP contribution in [0.3, 0.4) is 0 Å². The maximum atomic E-state index is 13.8. The van der Waals surface area contributed by atoms with Gasteiger partial charge in [0.25, 0.3) is 7.52 Å². The molecule has 1 atom stereocenters. The van der Waals surface area contributed by atoms with E-state index in [-0.39, 0.29) is 25.4 Å². The summed E-state index contributed by atoms with van der Waals surface area (Å²) in [5.41, 5.74) is 0.0209. The van der Waals surface area contributed by atoms with E-state index in [1.807, 2.05) is 20.8 Å². The molecule has 6 heteroatoms. The maximum absolute atomic E-state index is 13.8. The van der Waals surface area contributed by atoms with Crippen molar-refractivity contribution in [2.24, 2.45) is 5.41 Å². The Hall–Kier alpha value is 0.0700. The van der Waals surface area contributed by atoms with E-state index in [0.717, 1.165) is 52.2 Å². The van der Waals surface area contributed by atoms with Crippen molar-refractivity contribution in [3.63, 3.8) is 0 Å². The van der Waals surface area contributed by atoms with Gasteiger partial charge in [0.15, 0.2) is 0 Å². The van der Waals surface area contributed by atoms with Crippen molar-refractivity contribution in [1.82, 2.24) is 9.57 Å². The van der Waals surface area contributed by atoms with Gasteiger partial charge in [-0.25, -0.2) is 4.67 Å². The zero-order chi connectivity index (χ0) is 18.0. The highest BCUT2D eigenvalue weighted by Gasteiger charge is 2.45. The third-order valence-electron chi connectivity index (χ3n) is 4.90. The van der Waals surface area contributed by atoms with Crippen LogP contribution in [0.4, 0.5) is 0 Å². The highest BCUT2D eigenvalue weighted by Crippen LogP contribution is 2.62. The molecule has 26 heavy (non-hydrogen) atoms. The van der Waals surface area contributed by atoms with Crippen LogP contribution in [0.2, 0.25) is 0 Å². The van der Waals surface area contributed by atoms with Crippen LogP contribution in [0, 0.1) is 5.41 Å². The molecule has 0 aromatic carbocycles. The summed E-state index contributed by atoms with van der Waals surface area (Å²) in [7, 11) is -2.85.